The molecular weight excluding hydrogens is 268 g/mol. The van der Waals surface area contributed by atoms with E-state index in [1.807, 2.05) is 6.92 Å². The number of rotatable bonds is 5. The molecule has 1 amide bonds. The highest BCUT2D eigenvalue weighted by Crippen LogP contribution is 2.13. The lowest BCUT2D eigenvalue weighted by atomic mass is 9.99. The van der Waals surface area contributed by atoms with E-state index in [0.29, 0.717) is 17.7 Å². The van der Waals surface area contributed by atoms with Gasteiger partial charge in [0, 0.05) is 11.3 Å². The van der Waals surface area contributed by atoms with Crippen molar-refractivity contribution in [3.05, 3.63) is 28.5 Å². The average molecular weight is 285 g/mol. The van der Waals surface area contributed by atoms with Crippen molar-refractivity contribution >= 4 is 23.5 Å². The van der Waals surface area contributed by atoms with Gasteiger partial charge < -0.3 is 10.4 Å². The summed E-state index contributed by atoms with van der Waals surface area (Å²) in [5, 5.41) is 11.8. The number of carbonyl (C=O) groups is 2. The third-order valence-corrected chi connectivity index (χ3v) is 3.14. The molecule has 0 aromatic carbocycles. The van der Waals surface area contributed by atoms with Crippen molar-refractivity contribution in [1.29, 1.82) is 0 Å². The molecular formula is C13H17ClN2O3. The number of aryl methyl sites for hydroxylation is 1. The van der Waals surface area contributed by atoms with Crippen LogP contribution in [0.3, 0.4) is 0 Å². The van der Waals surface area contributed by atoms with E-state index in [-0.39, 0.29) is 11.1 Å². The summed E-state index contributed by atoms with van der Waals surface area (Å²) in [6, 6.07) is 2.07. The average Bonchev–Trinajstić information content (AvgIpc) is 2.33. The number of amides is 1. The Morgan fingerprint density at radius 2 is 2.11 bits per heavy atom. The molecule has 1 aromatic rings. The van der Waals surface area contributed by atoms with Crippen LogP contribution in [0, 0.1) is 12.8 Å². The lowest BCUT2D eigenvalue weighted by Gasteiger charge is -2.20. The molecule has 0 saturated carbocycles. The molecule has 0 aliphatic carbocycles. The van der Waals surface area contributed by atoms with Crippen LogP contribution >= 0.6 is 11.6 Å². The molecule has 0 bridgehead atoms. The Morgan fingerprint density at radius 1 is 1.47 bits per heavy atom. The molecule has 0 aliphatic rings. The number of hydrogen-bond donors (Lipinski definition) is 2. The number of aliphatic carboxylic acids is 1. The molecule has 104 valence electrons. The van der Waals surface area contributed by atoms with E-state index in [1.165, 1.54) is 6.07 Å². The predicted molar refractivity (Wildman–Crippen MR) is 72.3 cm³/mol. The Morgan fingerprint density at radius 3 is 2.58 bits per heavy atom. The van der Waals surface area contributed by atoms with Crippen molar-refractivity contribution < 1.29 is 14.7 Å². The van der Waals surface area contributed by atoms with Crippen LogP contribution in [0.4, 0.5) is 0 Å². The topological polar surface area (TPSA) is 79.3 Å². The summed E-state index contributed by atoms with van der Waals surface area (Å²) in [6.07, 6.45) is 0.660. The Labute approximate surface area is 117 Å². The standard InChI is InChI=1S/C13H17ClN2O3/c1-4-7(2)11(13(18)19)16-12(17)9-5-8(3)15-10(14)6-9/h5-7,11H,4H2,1-3H3,(H,16,17)(H,18,19)/t7?,11-/m0/s1. The van der Waals surface area contributed by atoms with Crippen molar-refractivity contribution in [2.24, 2.45) is 5.92 Å². The Kier molecular flexibility index (Phi) is 5.30. The van der Waals surface area contributed by atoms with Gasteiger partial charge in [-0.25, -0.2) is 9.78 Å². The molecule has 19 heavy (non-hydrogen) atoms. The summed E-state index contributed by atoms with van der Waals surface area (Å²) >= 11 is 5.78. The summed E-state index contributed by atoms with van der Waals surface area (Å²) in [7, 11) is 0. The van der Waals surface area contributed by atoms with Gasteiger partial charge in [-0.1, -0.05) is 31.9 Å². The van der Waals surface area contributed by atoms with Crippen molar-refractivity contribution in [2.75, 3.05) is 0 Å². The van der Waals surface area contributed by atoms with Crippen LogP contribution in [0.1, 0.15) is 36.3 Å². The van der Waals surface area contributed by atoms with Crippen LogP contribution in [0.2, 0.25) is 5.15 Å². The van der Waals surface area contributed by atoms with Crippen LogP contribution in [0.15, 0.2) is 12.1 Å². The molecule has 1 rings (SSSR count). The fraction of sp³-hybridized carbons (Fsp3) is 0.462. The summed E-state index contributed by atoms with van der Waals surface area (Å²) in [4.78, 5) is 27.1. The first-order valence-corrected chi connectivity index (χ1v) is 6.40. The minimum absolute atomic E-state index is 0.153. The maximum Gasteiger partial charge on any atom is 0.326 e. The molecule has 1 unspecified atom stereocenters. The Bertz CT molecular complexity index is 471. The number of nitrogens with one attached hydrogen (secondary N) is 1. The molecule has 1 heterocycles. The van der Waals surface area contributed by atoms with E-state index in [9.17, 15) is 9.59 Å². The minimum Gasteiger partial charge on any atom is -0.480 e. The summed E-state index contributed by atoms with van der Waals surface area (Å²) in [5.74, 6) is -1.65. The van der Waals surface area contributed by atoms with E-state index in [0.717, 1.165) is 0 Å². The number of carboxylic acids is 1. The monoisotopic (exact) mass is 284 g/mol. The maximum absolute atomic E-state index is 12.0. The number of nitrogens with zero attached hydrogens (tertiary/aromatic N) is 1. The lowest BCUT2D eigenvalue weighted by molar-refractivity contribution is -0.140. The molecule has 2 atom stereocenters. The second-order valence-corrected chi connectivity index (χ2v) is 4.88. The number of pyridine rings is 1. The van der Waals surface area contributed by atoms with Crippen LogP contribution in [0.25, 0.3) is 0 Å². The van der Waals surface area contributed by atoms with E-state index in [1.54, 1.807) is 19.9 Å². The number of carbonyl (C=O) groups excluding carboxylic acids is 1. The quantitative estimate of drug-likeness (QED) is 0.813. The molecule has 0 saturated heterocycles. The number of carboxylic acid groups (broad SMARTS) is 1. The SMILES string of the molecule is CCC(C)[C@H](NC(=O)c1cc(C)nc(Cl)c1)C(=O)O. The van der Waals surface area contributed by atoms with Crippen molar-refractivity contribution in [3.63, 3.8) is 0 Å². The highest BCUT2D eigenvalue weighted by molar-refractivity contribution is 6.29. The highest BCUT2D eigenvalue weighted by atomic mass is 35.5. The normalized spacial score (nSPS) is 13.7. The number of hydrogen-bond acceptors (Lipinski definition) is 3. The van der Waals surface area contributed by atoms with Gasteiger partial charge in [-0.05, 0) is 25.0 Å². The molecule has 2 N–H and O–H groups in total. The van der Waals surface area contributed by atoms with E-state index in [4.69, 9.17) is 16.7 Å². The van der Waals surface area contributed by atoms with Gasteiger partial charge in [-0.2, -0.15) is 0 Å². The molecule has 5 nitrogen and oxygen atoms in total. The van der Waals surface area contributed by atoms with Gasteiger partial charge in [0.2, 0.25) is 0 Å². The minimum atomic E-state index is -1.04. The smallest absolute Gasteiger partial charge is 0.326 e. The zero-order valence-electron chi connectivity index (χ0n) is 11.1. The summed E-state index contributed by atoms with van der Waals surface area (Å²) < 4.78 is 0. The van der Waals surface area contributed by atoms with E-state index >= 15 is 0 Å². The van der Waals surface area contributed by atoms with Gasteiger partial charge in [0.1, 0.15) is 11.2 Å². The number of aromatic nitrogens is 1. The molecule has 0 radical (unpaired) electrons. The van der Waals surface area contributed by atoms with Crippen LogP contribution < -0.4 is 5.32 Å². The van der Waals surface area contributed by atoms with Gasteiger partial charge in [0.05, 0.1) is 0 Å². The first-order valence-electron chi connectivity index (χ1n) is 6.03. The van der Waals surface area contributed by atoms with Crippen molar-refractivity contribution in [3.8, 4) is 0 Å². The molecule has 0 aliphatic heterocycles. The third kappa shape index (κ3) is 4.21. The Hall–Kier alpha value is -1.62. The van der Waals surface area contributed by atoms with Crippen LogP contribution in [-0.4, -0.2) is 28.0 Å². The van der Waals surface area contributed by atoms with Crippen molar-refractivity contribution in [1.82, 2.24) is 10.3 Å². The second-order valence-electron chi connectivity index (χ2n) is 4.49. The number of halogens is 1. The second kappa shape index (κ2) is 6.52. The molecule has 1 aromatic heterocycles. The van der Waals surface area contributed by atoms with Gasteiger partial charge in [-0.15, -0.1) is 0 Å². The first-order chi connectivity index (χ1) is 8.85. The summed E-state index contributed by atoms with van der Waals surface area (Å²) in [5.41, 5.74) is 0.917. The largest absolute Gasteiger partial charge is 0.480 e. The maximum atomic E-state index is 12.0. The first kappa shape index (κ1) is 15.4. The zero-order chi connectivity index (χ0) is 14.6. The fourth-order valence-corrected chi connectivity index (χ4v) is 1.92. The zero-order valence-corrected chi connectivity index (χ0v) is 11.9. The highest BCUT2D eigenvalue weighted by Gasteiger charge is 2.25. The van der Waals surface area contributed by atoms with Crippen molar-refractivity contribution in [2.45, 2.75) is 33.2 Å². The predicted octanol–water partition coefficient (Wildman–Crippen LogP) is 2.27. The molecule has 0 spiro atoms. The Balaban J connectivity index is 2.90. The summed E-state index contributed by atoms with van der Waals surface area (Å²) in [6.45, 7) is 5.37. The van der Waals surface area contributed by atoms with E-state index < -0.39 is 17.9 Å². The lowest BCUT2D eigenvalue weighted by Crippen LogP contribution is -2.45. The fourth-order valence-electron chi connectivity index (χ4n) is 1.67. The van der Waals surface area contributed by atoms with Crippen LogP contribution in [-0.2, 0) is 4.79 Å². The van der Waals surface area contributed by atoms with Crippen LogP contribution in [0.5, 0.6) is 0 Å². The van der Waals surface area contributed by atoms with Gasteiger partial charge in [-0.3, -0.25) is 4.79 Å². The third-order valence-electron chi connectivity index (χ3n) is 2.95. The molecule has 0 fully saturated rings. The van der Waals surface area contributed by atoms with Gasteiger partial charge >= 0.3 is 5.97 Å². The van der Waals surface area contributed by atoms with Gasteiger partial charge in [0.15, 0.2) is 0 Å². The van der Waals surface area contributed by atoms with E-state index in [2.05, 4.69) is 10.3 Å². The molecule has 6 heteroatoms. The van der Waals surface area contributed by atoms with Gasteiger partial charge in [0.25, 0.3) is 5.91 Å².